The quantitative estimate of drug-likeness (QED) is 0.672. The molecule has 0 N–H and O–H groups in total. The number of rotatable bonds is 5. The van der Waals surface area contributed by atoms with Gasteiger partial charge in [0.1, 0.15) is 18.5 Å². The highest BCUT2D eigenvalue weighted by atomic mass is 16.6. The summed E-state index contributed by atoms with van der Waals surface area (Å²) in [5, 5.41) is 10.6. The molecule has 2 atom stereocenters. The molecule has 0 radical (unpaired) electrons. The third kappa shape index (κ3) is 2.73. The highest BCUT2D eigenvalue weighted by Crippen LogP contribution is 2.20. The number of carboxylic acid groups (broad SMARTS) is 1. The van der Waals surface area contributed by atoms with Crippen LogP contribution >= 0.6 is 0 Å². The Morgan fingerprint density at radius 3 is 2.69 bits per heavy atom. The zero-order valence-corrected chi connectivity index (χ0v) is 9.01. The Labute approximate surface area is 93.8 Å². The molecule has 4 nitrogen and oxygen atoms in total. The summed E-state index contributed by atoms with van der Waals surface area (Å²) in [6, 6.07) is 7.00. The first-order valence-corrected chi connectivity index (χ1v) is 5.22. The van der Waals surface area contributed by atoms with Gasteiger partial charge in [-0.25, -0.2) is 0 Å². The van der Waals surface area contributed by atoms with Crippen molar-refractivity contribution in [1.82, 2.24) is 0 Å². The van der Waals surface area contributed by atoms with E-state index in [9.17, 15) is 9.90 Å². The van der Waals surface area contributed by atoms with Crippen LogP contribution in [0.2, 0.25) is 0 Å². The van der Waals surface area contributed by atoms with Gasteiger partial charge in [0.05, 0.1) is 6.61 Å². The third-order valence-electron chi connectivity index (χ3n) is 2.57. The van der Waals surface area contributed by atoms with Gasteiger partial charge < -0.3 is 19.4 Å². The minimum atomic E-state index is -1.07. The van der Waals surface area contributed by atoms with Crippen LogP contribution in [-0.2, 0) is 9.53 Å². The van der Waals surface area contributed by atoms with Gasteiger partial charge in [-0.3, -0.25) is 0 Å². The van der Waals surface area contributed by atoms with E-state index < -0.39 is 11.9 Å². The van der Waals surface area contributed by atoms with Crippen molar-refractivity contribution in [3.05, 3.63) is 29.8 Å². The van der Waals surface area contributed by atoms with E-state index in [1.54, 1.807) is 31.2 Å². The smallest absolute Gasteiger partial charge is 0.119 e. The van der Waals surface area contributed by atoms with E-state index in [2.05, 4.69) is 0 Å². The Kier molecular flexibility index (Phi) is 3.10. The summed E-state index contributed by atoms with van der Waals surface area (Å²) >= 11 is 0. The van der Waals surface area contributed by atoms with Gasteiger partial charge in [-0.2, -0.15) is 0 Å². The molecule has 1 aliphatic rings. The molecule has 0 bridgehead atoms. The van der Waals surface area contributed by atoms with Crippen molar-refractivity contribution in [2.75, 3.05) is 13.2 Å². The monoisotopic (exact) mass is 221 g/mol. The van der Waals surface area contributed by atoms with Crippen LogP contribution in [0.25, 0.3) is 0 Å². The fraction of sp³-hybridized carbons (Fsp3) is 0.417. The van der Waals surface area contributed by atoms with Crippen molar-refractivity contribution in [2.45, 2.75) is 18.9 Å². The summed E-state index contributed by atoms with van der Waals surface area (Å²) < 4.78 is 10.4. The second-order valence-corrected chi connectivity index (χ2v) is 3.88. The summed E-state index contributed by atoms with van der Waals surface area (Å²) in [5.74, 6) is -0.939. The summed E-state index contributed by atoms with van der Waals surface area (Å²) in [6.45, 7) is 2.92. The maximum absolute atomic E-state index is 10.6. The molecule has 1 heterocycles. The second-order valence-electron chi connectivity index (χ2n) is 3.88. The predicted molar refractivity (Wildman–Crippen MR) is 55.1 cm³/mol. The lowest BCUT2D eigenvalue weighted by atomic mass is 10.0. The molecule has 86 valence electrons. The summed E-state index contributed by atoms with van der Waals surface area (Å²) in [6.07, 6.45) is 0.224. The summed E-state index contributed by atoms with van der Waals surface area (Å²) in [7, 11) is 0. The van der Waals surface area contributed by atoms with Gasteiger partial charge in [0.2, 0.25) is 0 Å². The number of ether oxygens (including phenoxy) is 2. The largest absolute Gasteiger partial charge is 0.550 e. The molecule has 1 aliphatic heterocycles. The van der Waals surface area contributed by atoms with Gasteiger partial charge in [-0.1, -0.05) is 19.1 Å². The van der Waals surface area contributed by atoms with Crippen molar-refractivity contribution >= 4 is 5.97 Å². The van der Waals surface area contributed by atoms with Crippen LogP contribution < -0.4 is 9.84 Å². The van der Waals surface area contributed by atoms with Gasteiger partial charge in [-0.05, 0) is 17.7 Å². The highest BCUT2D eigenvalue weighted by Gasteiger charge is 2.22. The van der Waals surface area contributed by atoms with Crippen LogP contribution in [0.1, 0.15) is 18.4 Å². The molecular weight excluding hydrogens is 208 g/mol. The molecule has 0 amide bonds. The van der Waals surface area contributed by atoms with Gasteiger partial charge >= 0.3 is 0 Å². The standard InChI is InChI=1S/C12H14O4/c1-8(12(13)14)9-2-4-10(5-3-9)15-6-11-7-16-11/h2-5,8,11H,6-7H2,1H3,(H,13,14)/p-1. The molecule has 2 unspecified atom stereocenters. The van der Waals surface area contributed by atoms with Crippen molar-refractivity contribution in [2.24, 2.45) is 0 Å². The lowest BCUT2D eigenvalue weighted by Gasteiger charge is -2.13. The summed E-state index contributed by atoms with van der Waals surface area (Å²) in [4.78, 5) is 10.6. The molecule has 0 spiro atoms. The number of carboxylic acids is 1. The van der Waals surface area contributed by atoms with Crippen LogP contribution in [0.15, 0.2) is 24.3 Å². The fourth-order valence-electron chi connectivity index (χ4n) is 1.34. The predicted octanol–water partition coefficient (Wildman–Crippen LogP) is 0.318. The molecule has 0 aliphatic carbocycles. The van der Waals surface area contributed by atoms with Crippen molar-refractivity contribution in [3.63, 3.8) is 0 Å². The minimum absolute atomic E-state index is 0.224. The molecule has 0 aromatic heterocycles. The van der Waals surface area contributed by atoms with Crippen molar-refractivity contribution < 1.29 is 19.4 Å². The maximum atomic E-state index is 10.6. The average Bonchev–Trinajstić information content (AvgIpc) is 3.10. The lowest BCUT2D eigenvalue weighted by molar-refractivity contribution is -0.307. The average molecular weight is 221 g/mol. The molecule has 2 rings (SSSR count). The Balaban J connectivity index is 1.94. The number of carbonyl (C=O) groups excluding carboxylic acids is 1. The van der Waals surface area contributed by atoms with E-state index in [1.807, 2.05) is 0 Å². The number of aliphatic carboxylic acids is 1. The second kappa shape index (κ2) is 4.53. The lowest BCUT2D eigenvalue weighted by Crippen LogP contribution is -2.27. The first kappa shape index (κ1) is 11.0. The van der Waals surface area contributed by atoms with Crippen molar-refractivity contribution in [1.29, 1.82) is 0 Å². The Morgan fingerprint density at radius 1 is 1.56 bits per heavy atom. The van der Waals surface area contributed by atoms with E-state index in [-0.39, 0.29) is 6.10 Å². The molecule has 1 aromatic rings. The SMILES string of the molecule is CC(C(=O)[O-])c1ccc(OCC2CO2)cc1. The van der Waals surface area contributed by atoms with Gasteiger partial charge in [0.25, 0.3) is 0 Å². The van der Waals surface area contributed by atoms with Crippen LogP contribution in [-0.4, -0.2) is 25.3 Å². The minimum Gasteiger partial charge on any atom is -0.550 e. The number of hydrogen-bond acceptors (Lipinski definition) is 4. The number of hydrogen-bond donors (Lipinski definition) is 0. The molecule has 1 fully saturated rings. The zero-order valence-electron chi connectivity index (χ0n) is 9.01. The van der Waals surface area contributed by atoms with Crippen LogP contribution in [0.3, 0.4) is 0 Å². The first-order valence-electron chi connectivity index (χ1n) is 5.22. The Morgan fingerprint density at radius 2 is 2.19 bits per heavy atom. The van der Waals surface area contributed by atoms with Gasteiger partial charge in [-0.15, -0.1) is 0 Å². The van der Waals surface area contributed by atoms with E-state index in [0.717, 1.165) is 17.9 Å². The Bertz CT molecular complexity index is 367. The molecule has 16 heavy (non-hydrogen) atoms. The molecular formula is C12H13O4-. The summed E-state index contributed by atoms with van der Waals surface area (Å²) in [5.41, 5.74) is 0.718. The van der Waals surface area contributed by atoms with Gasteiger partial charge in [0, 0.05) is 11.9 Å². The number of epoxide rings is 1. The maximum Gasteiger partial charge on any atom is 0.119 e. The molecule has 1 saturated heterocycles. The van der Waals surface area contributed by atoms with E-state index in [4.69, 9.17) is 9.47 Å². The van der Waals surface area contributed by atoms with Crippen molar-refractivity contribution in [3.8, 4) is 5.75 Å². The molecule has 4 heteroatoms. The molecule has 0 saturated carbocycles. The fourth-order valence-corrected chi connectivity index (χ4v) is 1.34. The highest BCUT2D eigenvalue weighted by molar-refractivity contribution is 5.73. The third-order valence-corrected chi connectivity index (χ3v) is 2.57. The van der Waals surface area contributed by atoms with E-state index in [0.29, 0.717) is 6.61 Å². The van der Waals surface area contributed by atoms with E-state index in [1.165, 1.54) is 0 Å². The van der Waals surface area contributed by atoms with Crippen LogP contribution in [0.4, 0.5) is 0 Å². The zero-order chi connectivity index (χ0) is 11.5. The normalized spacial score (nSPS) is 20.2. The number of carbonyl (C=O) groups is 1. The topological polar surface area (TPSA) is 61.9 Å². The van der Waals surface area contributed by atoms with Crippen LogP contribution in [0, 0.1) is 0 Å². The molecule has 1 aromatic carbocycles. The Hall–Kier alpha value is -1.55. The first-order chi connectivity index (χ1) is 7.66. The van der Waals surface area contributed by atoms with Crippen LogP contribution in [0.5, 0.6) is 5.75 Å². The van der Waals surface area contributed by atoms with E-state index >= 15 is 0 Å². The van der Waals surface area contributed by atoms with Gasteiger partial charge in [0.15, 0.2) is 0 Å². The number of benzene rings is 1.